The predicted octanol–water partition coefficient (Wildman–Crippen LogP) is 3.19. The molecule has 0 bridgehead atoms. The fourth-order valence-electron chi connectivity index (χ4n) is 2.11. The van der Waals surface area contributed by atoms with Crippen molar-refractivity contribution in [3.63, 3.8) is 0 Å². The summed E-state index contributed by atoms with van der Waals surface area (Å²) in [4.78, 5) is 0.150. The van der Waals surface area contributed by atoms with Gasteiger partial charge in [0, 0.05) is 11.1 Å². The molecular formula is C16H13NO3S. The molecule has 3 rings (SSSR count). The predicted molar refractivity (Wildman–Crippen MR) is 82.6 cm³/mol. The molecule has 3 aromatic rings. The highest BCUT2D eigenvalue weighted by Crippen LogP contribution is 2.26. The van der Waals surface area contributed by atoms with Crippen LogP contribution in [0.3, 0.4) is 0 Å². The Labute approximate surface area is 122 Å². The van der Waals surface area contributed by atoms with Crippen LogP contribution in [0.15, 0.2) is 71.6 Å². The van der Waals surface area contributed by atoms with Crippen LogP contribution in [0.4, 0.5) is 5.69 Å². The molecule has 2 N–H and O–H groups in total. The Morgan fingerprint density at radius 2 is 1.48 bits per heavy atom. The van der Waals surface area contributed by atoms with Gasteiger partial charge < -0.3 is 9.92 Å². The monoisotopic (exact) mass is 299 g/mol. The second kappa shape index (κ2) is 5.10. The van der Waals surface area contributed by atoms with Crippen molar-refractivity contribution in [1.82, 2.24) is 0 Å². The highest BCUT2D eigenvalue weighted by molar-refractivity contribution is 7.87. The van der Waals surface area contributed by atoms with Crippen LogP contribution in [0.2, 0.25) is 0 Å². The average Bonchev–Trinajstić information content (AvgIpc) is 2.49. The van der Waals surface area contributed by atoms with E-state index in [2.05, 4.69) is 0 Å². The van der Waals surface area contributed by atoms with Crippen molar-refractivity contribution in [2.45, 2.75) is 4.90 Å². The van der Waals surface area contributed by atoms with Gasteiger partial charge >= 0.3 is 10.1 Å². The molecule has 0 atom stereocenters. The zero-order chi connectivity index (χ0) is 14.9. The Kier molecular flexibility index (Phi) is 3.27. The van der Waals surface area contributed by atoms with Gasteiger partial charge in [-0.25, -0.2) is 0 Å². The van der Waals surface area contributed by atoms with E-state index < -0.39 is 10.1 Å². The van der Waals surface area contributed by atoms with E-state index in [1.807, 2.05) is 18.2 Å². The van der Waals surface area contributed by atoms with Crippen LogP contribution >= 0.6 is 0 Å². The van der Waals surface area contributed by atoms with Gasteiger partial charge in [0.1, 0.15) is 10.6 Å². The minimum absolute atomic E-state index is 0.150. The molecule has 4 nitrogen and oxygen atoms in total. The quantitative estimate of drug-likeness (QED) is 0.595. The van der Waals surface area contributed by atoms with Crippen molar-refractivity contribution < 1.29 is 12.6 Å². The number of hydrogen-bond donors (Lipinski definition) is 1. The highest BCUT2D eigenvalue weighted by atomic mass is 32.2. The van der Waals surface area contributed by atoms with Crippen LogP contribution in [0.5, 0.6) is 5.75 Å². The summed E-state index contributed by atoms with van der Waals surface area (Å²) >= 11 is 0. The summed E-state index contributed by atoms with van der Waals surface area (Å²) in [7, 11) is -3.89. The lowest BCUT2D eigenvalue weighted by atomic mass is 10.1. The van der Waals surface area contributed by atoms with Crippen molar-refractivity contribution in [3.8, 4) is 5.75 Å². The van der Waals surface area contributed by atoms with Gasteiger partial charge in [-0.3, -0.25) is 0 Å². The van der Waals surface area contributed by atoms with E-state index in [4.69, 9.17) is 9.92 Å². The molecule has 0 amide bonds. The summed E-state index contributed by atoms with van der Waals surface area (Å²) in [6, 6.07) is 18.6. The molecule has 0 aromatic heterocycles. The molecule has 5 heteroatoms. The molecule has 0 spiro atoms. The summed E-state index contributed by atoms with van der Waals surface area (Å²) in [5.41, 5.74) is 6.12. The number of benzene rings is 3. The number of rotatable bonds is 3. The number of anilines is 1. The largest absolute Gasteiger partial charge is 0.399 e. The Hall–Kier alpha value is -2.53. The molecule has 3 aromatic carbocycles. The lowest BCUT2D eigenvalue weighted by Crippen LogP contribution is -2.10. The van der Waals surface area contributed by atoms with E-state index in [1.165, 1.54) is 18.2 Å². The standard InChI is InChI=1S/C16H13NO3S/c17-13-8-10-14(11-9-13)20-21(18,19)16-7-3-5-12-4-1-2-6-15(12)16/h1-11H,17H2. The van der Waals surface area contributed by atoms with E-state index >= 15 is 0 Å². The zero-order valence-electron chi connectivity index (χ0n) is 11.1. The summed E-state index contributed by atoms with van der Waals surface area (Å²) in [5.74, 6) is 0.233. The van der Waals surface area contributed by atoms with Gasteiger partial charge in [-0.15, -0.1) is 0 Å². The SMILES string of the molecule is Nc1ccc(OS(=O)(=O)c2cccc3ccccc23)cc1. The molecule has 0 radical (unpaired) electrons. The topological polar surface area (TPSA) is 69.4 Å². The first-order valence-electron chi connectivity index (χ1n) is 6.34. The maximum Gasteiger partial charge on any atom is 0.339 e. The summed E-state index contributed by atoms with van der Waals surface area (Å²) < 4.78 is 30.1. The van der Waals surface area contributed by atoms with E-state index in [0.29, 0.717) is 11.1 Å². The van der Waals surface area contributed by atoms with Gasteiger partial charge in [-0.05, 0) is 35.7 Å². The van der Waals surface area contributed by atoms with E-state index in [0.717, 1.165) is 5.39 Å². The maximum atomic E-state index is 12.4. The fraction of sp³-hybridized carbons (Fsp3) is 0. The second-order valence-corrected chi connectivity index (χ2v) is 6.10. The van der Waals surface area contributed by atoms with Crippen LogP contribution in [0.1, 0.15) is 0 Å². The van der Waals surface area contributed by atoms with Crippen LogP contribution in [-0.4, -0.2) is 8.42 Å². The van der Waals surface area contributed by atoms with E-state index in [1.54, 1.807) is 30.3 Å². The molecule has 0 unspecified atom stereocenters. The van der Waals surface area contributed by atoms with E-state index in [-0.39, 0.29) is 10.6 Å². The smallest absolute Gasteiger partial charge is 0.339 e. The fourth-order valence-corrected chi connectivity index (χ4v) is 3.26. The van der Waals surface area contributed by atoms with Crippen molar-refractivity contribution in [1.29, 1.82) is 0 Å². The summed E-state index contributed by atoms with van der Waals surface area (Å²) in [5, 5.41) is 1.48. The molecule has 106 valence electrons. The molecular weight excluding hydrogens is 286 g/mol. The number of nitrogen functional groups attached to an aromatic ring is 1. The first-order chi connectivity index (χ1) is 10.1. The van der Waals surface area contributed by atoms with Crippen molar-refractivity contribution >= 4 is 26.6 Å². The molecule has 0 saturated heterocycles. The zero-order valence-corrected chi connectivity index (χ0v) is 11.9. The van der Waals surface area contributed by atoms with Gasteiger partial charge in [-0.2, -0.15) is 8.42 Å². The first kappa shape index (κ1) is 13.5. The highest BCUT2D eigenvalue weighted by Gasteiger charge is 2.19. The Balaban J connectivity index is 2.06. The van der Waals surface area contributed by atoms with Gasteiger partial charge in [0.2, 0.25) is 0 Å². The molecule has 0 fully saturated rings. The third-order valence-corrected chi connectivity index (χ3v) is 4.41. The maximum absolute atomic E-state index is 12.4. The lowest BCUT2D eigenvalue weighted by molar-refractivity contribution is 0.487. The normalized spacial score (nSPS) is 11.4. The van der Waals surface area contributed by atoms with Crippen LogP contribution in [0.25, 0.3) is 10.8 Å². The van der Waals surface area contributed by atoms with Gasteiger partial charge in [-0.1, -0.05) is 36.4 Å². The van der Waals surface area contributed by atoms with Gasteiger partial charge in [0.05, 0.1) is 0 Å². The molecule has 0 heterocycles. The Morgan fingerprint density at radius 1 is 0.810 bits per heavy atom. The van der Waals surface area contributed by atoms with E-state index in [9.17, 15) is 8.42 Å². The third kappa shape index (κ3) is 2.68. The van der Waals surface area contributed by atoms with Crippen molar-refractivity contribution in [3.05, 3.63) is 66.7 Å². The third-order valence-electron chi connectivity index (χ3n) is 3.11. The Bertz CT molecular complexity index is 882. The molecule has 0 aliphatic rings. The molecule has 0 aliphatic heterocycles. The Morgan fingerprint density at radius 3 is 2.24 bits per heavy atom. The minimum atomic E-state index is -3.89. The lowest BCUT2D eigenvalue weighted by Gasteiger charge is -2.09. The molecule has 0 aliphatic carbocycles. The van der Waals surface area contributed by atoms with Crippen LogP contribution in [-0.2, 0) is 10.1 Å². The molecule has 21 heavy (non-hydrogen) atoms. The number of hydrogen-bond acceptors (Lipinski definition) is 4. The second-order valence-electron chi connectivity index (χ2n) is 4.58. The van der Waals surface area contributed by atoms with Gasteiger partial charge in [0.15, 0.2) is 0 Å². The van der Waals surface area contributed by atoms with Crippen LogP contribution < -0.4 is 9.92 Å². The van der Waals surface area contributed by atoms with Crippen LogP contribution in [0, 0.1) is 0 Å². The first-order valence-corrected chi connectivity index (χ1v) is 7.75. The van der Waals surface area contributed by atoms with Gasteiger partial charge in [0.25, 0.3) is 0 Å². The summed E-state index contributed by atoms with van der Waals surface area (Å²) in [6.45, 7) is 0. The van der Waals surface area contributed by atoms with Crippen molar-refractivity contribution in [2.75, 3.05) is 5.73 Å². The minimum Gasteiger partial charge on any atom is -0.399 e. The molecule has 0 saturated carbocycles. The van der Waals surface area contributed by atoms with Crippen molar-refractivity contribution in [2.24, 2.45) is 0 Å². The summed E-state index contributed by atoms with van der Waals surface area (Å²) in [6.07, 6.45) is 0. The number of nitrogens with two attached hydrogens (primary N) is 1. The average molecular weight is 299 g/mol. The number of fused-ring (bicyclic) bond motifs is 1.